The van der Waals surface area contributed by atoms with Crippen molar-refractivity contribution in [2.75, 3.05) is 0 Å². The minimum atomic E-state index is -0.851. The predicted molar refractivity (Wildman–Crippen MR) is 71.3 cm³/mol. The maximum Gasteiger partial charge on any atom is 0.0956 e. The van der Waals surface area contributed by atoms with Crippen molar-refractivity contribution in [2.45, 2.75) is 32.8 Å². The van der Waals surface area contributed by atoms with E-state index in [4.69, 9.17) is 0 Å². The van der Waals surface area contributed by atoms with Crippen LogP contribution in [-0.4, -0.2) is 10.1 Å². The van der Waals surface area contributed by atoms with Gasteiger partial charge >= 0.3 is 0 Å². The van der Waals surface area contributed by atoms with Crippen molar-refractivity contribution < 1.29 is 5.11 Å². The van der Waals surface area contributed by atoms with E-state index < -0.39 is 5.60 Å². The van der Waals surface area contributed by atoms with Gasteiger partial charge in [0.2, 0.25) is 0 Å². The highest BCUT2D eigenvalue weighted by atomic mass is 32.1. The van der Waals surface area contributed by atoms with Gasteiger partial charge in [0.1, 0.15) is 0 Å². The highest BCUT2D eigenvalue weighted by Gasteiger charge is 2.24. The summed E-state index contributed by atoms with van der Waals surface area (Å²) >= 11 is 1.58. The van der Waals surface area contributed by atoms with E-state index in [1.54, 1.807) is 17.5 Å². The van der Waals surface area contributed by atoms with Crippen LogP contribution in [0.4, 0.5) is 0 Å². The molecule has 1 aromatic carbocycles. The zero-order chi connectivity index (χ0) is 12.5. The molecule has 2 rings (SSSR count). The van der Waals surface area contributed by atoms with Gasteiger partial charge < -0.3 is 5.11 Å². The molecular weight excluding hydrogens is 230 g/mol. The predicted octanol–water partition coefficient (Wildman–Crippen LogP) is 3.21. The van der Waals surface area contributed by atoms with E-state index in [1.807, 2.05) is 18.4 Å². The van der Waals surface area contributed by atoms with Crippen LogP contribution in [0.2, 0.25) is 0 Å². The van der Waals surface area contributed by atoms with Crippen molar-refractivity contribution >= 4 is 11.3 Å². The van der Waals surface area contributed by atoms with Gasteiger partial charge in [0.05, 0.1) is 10.6 Å². The smallest absolute Gasteiger partial charge is 0.0956 e. The Morgan fingerprint density at radius 3 is 2.65 bits per heavy atom. The Balaban J connectivity index is 2.27. The minimum absolute atomic E-state index is 0.563. The van der Waals surface area contributed by atoms with E-state index in [-0.39, 0.29) is 0 Å². The molecule has 0 amide bonds. The summed E-state index contributed by atoms with van der Waals surface area (Å²) in [5, 5.41) is 13.4. The lowest BCUT2D eigenvalue weighted by Gasteiger charge is -2.23. The quantitative estimate of drug-likeness (QED) is 0.903. The zero-order valence-electron chi connectivity index (χ0n) is 10.4. The number of hydrogen-bond acceptors (Lipinski definition) is 3. The van der Waals surface area contributed by atoms with Gasteiger partial charge in [-0.3, -0.25) is 0 Å². The fourth-order valence-corrected chi connectivity index (χ4v) is 2.58. The summed E-state index contributed by atoms with van der Waals surface area (Å²) in [4.78, 5) is 4.23. The van der Waals surface area contributed by atoms with E-state index in [9.17, 15) is 5.11 Å². The summed E-state index contributed by atoms with van der Waals surface area (Å²) in [6.07, 6.45) is 2.34. The van der Waals surface area contributed by atoms with Crippen LogP contribution in [0.15, 0.2) is 29.8 Å². The van der Waals surface area contributed by atoms with Crippen molar-refractivity contribution in [2.24, 2.45) is 0 Å². The van der Waals surface area contributed by atoms with E-state index >= 15 is 0 Å². The van der Waals surface area contributed by atoms with Gasteiger partial charge in [-0.15, -0.1) is 11.3 Å². The zero-order valence-corrected chi connectivity index (χ0v) is 11.2. The summed E-state index contributed by atoms with van der Waals surface area (Å²) in [7, 11) is 0. The molecule has 0 fully saturated rings. The number of thiazole rings is 1. The monoisotopic (exact) mass is 247 g/mol. The van der Waals surface area contributed by atoms with Gasteiger partial charge in [0.15, 0.2) is 0 Å². The molecule has 3 heteroatoms. The van der Waals surface area contributed by atoms with Gasteiger partial charge in [-0.2, -0.15) is 0 Å². The number of aryl methyl sites for hydroxylation is 2. The molecule has 1 atom stereocenters. The number of nitrogens with zero attached hydrogens (tertiary/aromatic N) is 1. The fraction of sp³-hybridized carbons (Fsp3) is 0.357. The third kappa shape index (κ3) is 2.73. The molecule has 90 valence electrons. The van der Waals surface area contributed by atoms with Crippen molar-refractivity contribution in [3.8, 4) is 0 Å². The molecule has 0 aliphatic rings. The Morgan fingerprint density at radius 2 is 2.06 bits per heavy atom. The summed E-state index contributed by atoms with van der Waals surface area (Å²) in [6, 6.07) is 6.11. The molecule has 1 unspecified atom stereocenters. The Hall–Kier alpha value is -1.19. The molecule has 0 aliphatic heterocycles. The van der Waals surface area contributed by atoms with Crippen LogP contribution in [-0.2, 0) is 12.0 Å². The van der Waals surface area contributed by atoms with Crippen molar-refractivity contribution in [1.82, 2.24) is 4.98 Å². The third-order valence-electron chi connectivity index (χ3n) is 3.11. The molecular formula is C14H17NOS. The number of aromatic nitrogens is 1. The van der Waals surface area contributed by atoms with E-state index in [0.717, 1.165) is 10.6 Å². The maximum absolute atomic E-state index is 10.5. The average molecular weight is 247 g/mol. The number of hydrogen-bond donors (Lipinski definition) is 1. The molecule has 0 bridgehead atoms. The molecule has 0 aliphatic carbocycles. The molecule has 0 radical (unpaired) electrons. The summed E-state index contributed by atoms with van der Waals surface area (Å²) < 4.78 is 0. The van der Waals surface area contributed by atoms with Crippen LogP contribution in [0.5, 0.6) is 0 Å². The van der Waals surface area contributed by atoms with Gasteiger partial charge in [0.25, 0.3) is 0 Å². The fourth-order valence-electron chi connectivity index (χ4n) is 1.81. The summed E-state index contributed by atoms with van der Waals surface area (Å²) in [5.41, 5.74) is 2.56. The van der Waals surface area contributed by atoms with Crippen molar-refractivity contribution in [3.63, 3.8) is 0 Å². The van der Waals surface area contributed by atoms with Crippen molar-refractivity contribution in [3.05, 3.63) is 51.5 Å². The van der Waals surface area contributed by atoms with Crippen LogP contribution < -0.4 is 0 Å². The largest absolute Gasteiger partial charge is 0.385 e. The lowest BCUT2D eigenvalue weighted by atomic mass is 9.90. The number of benzene rings is 1. The Kier molecular flexibility index (Phi) is 3.31. The Bertz CT molecular complexity index is 503. The standard InChI is InChI=1S/C14H17NOS/c1-10-4-5-12(8-11(10)2)14(3,16)9-13-15-6-7-17-13/h4-8,16H,9H2,1-3H3. The van der Waals surface area contributed by atoms with Gasteiger partial charge in [0, 0.05) is 18.0 Å². The second-order valence-electron chi connectivity index (χ2n) is 4.68. The summed E-state index contributed by atoms with van der Waals surface area (Å²) in [5.74, 6) is 0. The number of aliphatic hydroxyl groups is 1. The first kappa shape index (κ1) is 12.3. The summed E-state index contributed by atoms with van der Waals surface area (Å²) in [6.45, 7) is 5.99. The first-order valence-electron chi connectivity index (χ1n) is 5.67. The van der Waals surface area contributed by atoms with Gasteiger partial charge in [-0.05, 0) is 37.5 Å². The SMILES string of the molecule is Cc1ccc(C(C)(O)Cc2nccs2)cc1C. The highest BCUT2D eigenvalue weighted by molar-refractivity contribution is 7.09. The molecule has 0 saturated heterocycles. The van der Waals surface area contributed by atoms with E-state index in [2.05, 4.69) is 31.0 Å². The van der Waals surface area contributed by atoms with Crippen LogP contribution in [0.1, 0.15) is 28.6 Å². The maximum atomic E-state index is 10.5. The molecule has 0 saturated carbocycles. The first-order valence-corrected chi connectivity index (χ1v) is 6.55. The molecule has 1 heterocycles. The molecule has 2 nitrogen and oxygen atoms in total. The van der Waals surface area contributed by atoms with Crippen LogP contribution >= 0.6 is 11.3 Å². The molecule has 2 aromatic rings. The van der Waals surface area contributed by atoms with E-state index in [1.165, 1.54) is 11.1 Å². The van der Waals surface area contributed by atoms with Crippen LogP contribution in [0.25, 0.3) is 0 Å². The minimum Gasteiger partial charge on any atom is -0.385 e. The average Bonchev–Trinajstić information content (AvgIpc) is 2.73. The van der Waals surface area contributed by atoms with E-state index in [0.29, 0.717) is 6.42 Å². The van der Waals surface area contributed by atoms with Crippen LogP contribution in [0.3, 0.4) is 0 Å². The van der Waals surface area contributed by atoms with Gasteiger partial charge in [-0.25, -0.2) is 4.98 Å². The topological polar surface area (TPSA) is 33.1 Å². The van der Waals surface area contributed by atoms with Crippen molar-refractivity contribution in [1.29, 1.82) is 0 Å². The van der Waals surface area contributed by atoms with Crippen LogP contribution in [0, 0.1) is 13.8 Å². The normalized spacial score (nSPS) is 14.6. The molecule has 1 N–H and O–H groups in total. The van der Waals surface area contributed by atoms with Gasteiger partial charge in [-0.1, -0.05) is 18.2 Å². The Morgan fingerprint density at radius 1 is 1.29 bits per heavy atom. The lowest BCUT2D eigenvalue weighted by Crippen LogP contribution is -2.24. The number of rotatable bonds is 3. The highest BCUT2D eigenvalue weighted by Crippen LogP contribution is 2.27. The Labute approximate surface area is 106 Å². The lowest BCUT2D eigenvalue weighted by molar-refractivity contribution is 0.0575. The molecule has 17 heavy (non-hydrogen) atoms. The third-order valence-corrected chi connectivity index (χ3v) is 3.89. The molecule has 0 spiro atoms. The molecule has 1 aromatic heterocycles. The first-order chi connectivity index (χ1) is 7.99. The second kappa shape index (κ2) is 4.59. The second-order valence-corrected chi connectivity index (χ2v) is 5.65.